The average molecular weight is 192 g/mol. The molecule has 0 unspecified atom stereocenters. The molecule has 5 heteroatoms. The Kier molecular flexibility index (Phi) is 1.87. The van der Waals surface area contributed by atoms with Crippen LogP contribution in [0.3, 0.4) is 0 Å². The Bertz CT molecular complexity index is 402. The first-order valence-corrected chi connectivity index (χ1v) is 4.56. The summed E-state index contributed by atoms with van der Waals surface area (Å²) in [7, 11) is 0. The zero-order valence-corrected chi connectivity index (χ0v) is 8.24. The number of likely N-dealkylation sites (N-methyl/N-ethyl adjacent to an activating group) is 1. The molecule has 2 N–H and O–H groups in total. The van der Waals surface area contributed by atoms with Crippen molar-refractivity contribution < 1.29 is 4.79 Å². The third-order valence-corrected chi connectivity index (χ3v) is 2.33. The van der Waals surface area contributed by atoms with Gasteiger partial charge in [0.1, 0.15) is 17.5 Å². The molecule has 2 rings (SSSR count). The van der Waals surface area contributed by atoms with E-state index in [-0.39, 0.29) is 5.91 Å². The van der Waals surface area contributed by atoms with E-state index in [4.69, 9.17) is 5.73 Å². The predicted octanol–water partition coefficient (Wildman–Crippen LogP) is 0.276. The molecule has 1 aromatic heterocycles. The van der Waals surface area contributed by atoms with Crippen LogP contribution >= 0.6 is 0 Å². The molecule has 1 amide bonds. The number of amides is 1. The zero-order valence-electron chi connectivity index (χ0n) is 8.24. The SMILES string of the molecule is CCN1C(=O)Cc2c(N)nc(C)nc21. The molecule has 0 fully saturated rings. The molecule has 1 aromatic rings. The lowest BCUT2D eigenvalue weighted by Gasteiger charge is -2.13. The highest BCUT2D eigenvalue weighted by Gasteiger charge is 2.29. The van der Waals surface area contributed by atoms with Crippen molar-refractivity contribution >= 4 is 17.5 Å². The molecule has 0 bridgehead atoms. The van der Waals surface area contributed by atoms with Gasteiger partial charge < -0.3 is 5.73 Å². The molecular formula is C9H12N4O. The van der Waals surface area contributed by atoms with E-state index in [0.717, 1.165) is 5.56 Å². The van der Waals surface area contributed by atoms with E-state index in [1.54, 1.807) is 11.8 Å². The summed E-state index contributed by atoms with van der Waals surface area (Å²) in [5, 5.41) is 0. The number of anilines is 2. The van der Waals surface area contributed by atoms with Crippen LogP contribution in [0.5, 0.6) is 0 Å². The Balaban J connectivity index is 2.58. The van der Waals surface area contributed by atoms with Crippen molar-refractivity contribution in [2.75, 3.05) is 17.2 Å². The van der Waals surface area contributed by atoms with E-state index in [2.05, 4.69) is 9.97 Å². The number of aryl methyl sites for hydroxylation is 1. The highest BCUT2D eigenvalue weighted by molar-refractivity contribution is 6.01. The number of rotatable bonds is 1. The van der Waals surface area contributed by atoms with Gasteiger partial charge in [-0.25, -0.2) is 9.97 Å². The number of carbonyl (C=O) groups is 1. The van der Waals surface area contributed by atoms with Crippen LogP contribution in [-0.2, 0) is 11.2 Å². The Labute approximate surface area is 82.0 Å². The van der Waals surface area contributed by atoms with Gasteiger partial charge in [0.05, 0.1) is 6.42 Å². The zero-order chi connectivity index (χ0) is 10.3. The predicted molar refractivity (Wildman–Crippen MR) is 52.9 cm³/mol. The number of hydrogen-bond donors (Lipinski definition) is 1. The molecule has 0 radical (unpaired) electrons. The fourth-order valence-corrected chi connectivity index (χ4v) is 1.69. The van der Waals surface area contributed by atoms with Crippen LogP contribution in [0.4, 0.5) is 11.6 Å². The van der Waals surface area contributed by atoms with E-state index in [1.807, 2.05) is 6.92 Å². The van der Waals surface area contributed by atoms with Gasteiger partial charge in [0.15, 0.2) is 0 Å². The normalized spacial score (nSPS) is 14.7. The molecule has 74 valence electrons. The number of hydrogen-bond acceptors (Lipinski definition) is 4. The maximum absolute atomic E-state index is 11.5. The third-order valence-electron chi connectivity index (χ3n) is 2.33. The lowest BCUT2D eigenvalue weighted by Crippen LogP contribution is -2.26. The number of nitrogens with two attached hydrogens (primary N) is 1. The molecular weight excluding hydrogens is 180 g/mol. The van der Waals surface area contributed by atoms with Gasteiger partial charge in [0.25, 0.3) is 0 Å². The minimum atomic E-state index is 0.0501. The van der Waals surface area contributed by atoms with Gasteiger partial charge >= 0.3 is 0 Å². The monoisotopic (exact) mass is 192 g/mol. The van der Waals surface area contributed by atoms with Crippen molar-refractivity contribution in [3.8, 4) is 0 Å². The van der Waals surface area contributed by atoms with Gasteiger partial charge in [0.2, 0.25) is 5.91 Å². The summed E-state index contributed by atoms with van der Waals surface area (Å²) in [6.07, 6.45) is 0.329. The number of fused-ring (bicyclic) bond motifs is 1. The second-order valence-electron chi connectivity index (χ2n) is 3.27. The molecule has 0 aliphatic carbocycles. The minimum Gasteiger partial charge on any atom is -0.383 e. The smallest absolute Gasteiger partial charge is 0.232 e. The fraction of sp³-hybridized carbons (Fsp3) is 0.444. The first kappa shape index (κ1) is 8.93. The van der Waals surface area contributed by atoms with Crippen molar-refractivity contribution in [2.45, 2.75) is 20.3 Å². The quantitative estimate of drug-likeness (QED) is 0.693. The summed E-state index contributed by atoms with van der Waals surface area (Å²) in [4.78, 5) is 21.4. The summed E-state index contributed by atoms with van der Waals surface area (Å²) in [6, 6.07) is 0. The third kappa shape index (κ3) is 1.13. The molecule has 0 saturated heterocycles. The van der Waals surface area contributed by atoms with Gasteiger partial charge in [-0.15, -0.1) is 0 Å². The molecule has 0 aromatic carbocycles. The number of carbonyl (C=O) groups excluding carboxylic acids is 1. The molecule has 0 spiro atoms. The molecule has 0 saturated carbocycles. The first-order chi connectivity index (χ1) is 6.63. The van der Waals surface area contributed by atoms with Crippen LogP contribution in [0.1, 0.15) is 18.3 Å². The van der Waals surface area contributed by atoms with Gasteiger partial charge in [-0.05, 0) is 13.8 Å². The Morgan fingerprint density at radius 3 is 2.86 bits per heavy atom. The summed E-state index contributed by atoms with van der Waals surface area (Å²) in [6.45, 7) is 4.32. The Morgan fingerprint density at radius 2 is 2.21 bits per heavy atom. The van der Waals surface area contributed by atoms with Crippen LogP contribution in [-0.4, -0.2) is 22.4 Å². The molecule has 14 heavy (non-hydrogen) atoms. The van der Waals surface area contributed by atoms with Crippen LogP contribution in [0.15, 0.2) is 0 Å². The average Bonchev–Trinajstić information content (AvgIpc) is 2.41. The van der Waals surface area contributed by atoms with E-state index in [1.165, 1.54) is 0 Å². The molecule has 1 aliphatic heterocycles. The molecule has 1 aliphatic rings. The van der Waals surface area contributed by atoms with Crippen molar-refractivity contribution in [1.29, 1.82) is 0 Å². The maximum Gasteiger partial charge on any atom is 0.232 e. The van der Waals surface area contributed by atoms with Crippen molar-refractivity contribution in [2.24, 2.45) is 0 Å². The minimum absolute atomic E-state index is 0.0501. The Morgan fingerprint density at radius 1 is 1.50 bits per heavy atom. The summed E-state index contributed by atoms with van der Waals surface area (Å²) >= 11 is 0. The van der Waals surface area contributed by atoms with Crippen molar-refractivity contribution in [3.63, 3.8) is 0 Å². The lowest BCUT2D eigenvalue weighted by molar-refractivity contribution is -0.117. The molecule has 2 heterocycles. The van der Waals surface area contributed by atoms with Crippen LogP contribution in [0.2, 0.25) is 0 Å². The van der Waals surface area contributed by atoms with E-state index in [0.29, 0.717) is 30.4 Å². The van der Waals surface area contributed by atoms with Crippen LogP contribution < -0.4 is 10.6 Å². The van der Waals surface area contributed by atoms with E-state index >= 15 is 0 Å². The number of nitrogen functional groups attached to an aromatic ring is 1. The van der Waals surface area contributed by atoms with Crippen LogP contribution in [0, 0.1) is 6.92 Å². The summed E-state index contributed by atoms with van der Waals surface area (Å²) in [5.74, 6) is 1.77. The highest BCUT2D eigenvalue weighted by Crippen LogP contribution is 2.29. The topological polar surface area (TPSA) is 72.1 Å². The molecule has 5 nitrogen and oxygen atoms in total. The second kappa shape index (κ2) is 2.94. The first-order valence-electron chi connectivity index (χ1n) is 4.56. The summed E-state index contributed by atoms with van der Waals surface area (Å²) < 4.78 is 0. The maximum atomic E-state index is 11.5. The standard InChI is InChI=1S/C9H12N4O/c1-3-13-7(14)4-6-8(10)11-5(2)12-9(6)13/h3-4H2,1-2H3,(H2,10,11,12). The van der Waals surface area contributed by atoms with Gasteiger partial charge in [-0.1, -0.05) is 0 Å². The van der Waals surface area contributed by atoms with Crippen molar-refractivity contribution in [1.82, 2.24) is 9.97 Å². The highest BCUT2D eigenvalue weighted by atomic mass is 16.2. The summed E-state index contributed by atoms with van der Waals surface area (Å²) in [5.41, 5.74) is 6.49. The second-order valence-corrected chi connectivity index (χ2v) is 3.27. The number of aromatic nitrogens is 2. The van der Waals surface area contributed by atoms with Crippen LogP contribution in [0.25, 0.3) is 0 Å². The van der Waals surface area contributed by atoms with Gasteiger partial charge in [-0.3, -0.25) is 9.69 Å². The van der Waals surface area contributed by atoms with E-state index < -0.39 is 0 Å². The molecule has 0 atom stereocenters. The van der Waals surface area contributed by atoms with E-state index in [9.17, 15) is 4.79 Å². The Hall–Kier alpha value is -1.65. The fourth-order valence-electron chi connectivity index (χ4n) is 1.69. The van der Waals surface area contributed by atoms with Gasteiger partial charge in [-0.2, -0.15) is 0 Å². The largest absolute Gasteiger partial charge is 0.383 e. The lowest BCUT2D eigenvalue weighted by atomic mass is 10.2. The van der Waals surface area contributed by atoms with Crippen molar-refractivity contribution in [3.05, 3.63) is 11.4 Å². The number of nitrogens with zero attached hydrogens (tertiary/aromatic N) is 3. The van der Waals surface area contributed by atoms with Gasteiger partial charge in [0, 0.05) is 12.1 Å².